The van der Waals surface area contributed by atoms with Gasteiger partial charge in [-0.1, -0.05) is 32.3 Å². The van der Waals surface area contributed by atoms with Gasteiger partial charge in [0.15, 0.2) is 5.82 Å². The van der Waals surface area contributed by atoms with Crippen molar-refractivity contribution in [2.45, 2.75) is 76.9 Å². The summed E-state index contributed by atoms with van der Waals surface area (Å²) in [4.78, 5) is 17.9. The van der Waals surface area contributed by atoms with Gasteiger partial charge in [0.2, 0.25) is 5.88 Å². The fourth-order valence-corrected chi connectivity index (χ4v) is 8.85. The second-order valence-corrected chi connectivity index (χ2v) is 15.3. The van der Waals surface area contributed by atoms with Crippen molar-refractivity contribution in [1.29, 1.82) is 0 Å². The van der Waals surface area contributed by atoms with Crippen LogP contribution in [0.15, 0.2) is 24.3 Å². The lowest BCUT2D eigenvalue weighted by molar-refractivity contribution is -0.0124. The van der Waals surface area contributed by atoms with Crippen LogP contribution in [0.2, 0.25) is 0 Å². The van der Waals surface area contributed by atoms with Crippen molar-refractivity contribution in [2.24, 2.45) is 11.3 Å². The number of phenols is 1. The van der Waals surface area contributed by atoms with Crippen LogP contribution in [0, 0.1) is 35.3 Å². The second-order valence-electron chi connectivity index (χ2n) is 15.3. The van der Waals surface area contributed by atoms with Crippen LogP contribution in [-0.4, -0.2) is 101 Å². The number of methoxy groups -OCH3 is 1. The molecule has 2 aliphatic heterocycles. The maximum Gasteiger partial charge on any atom is 0.319 e. The second kappa shape index (κ2) is 14.9. The van der Waals surface area contributed by atoms with E-state index < -0.39 is 29.1 Å². The Morgan fingerprint density at radius 2 is 1.84 bits per heavy atom. The average Bonchev–Trinajstić information content (AvgIpc) is 3.61. The molecule has 4 aliphatic rings. The predicted molar refractivity (Wildman–Crippen MR) is 201 cm³/mol. The number of pyridine rings is 1. The zero-order valence-corrected chi connectivity index (χ0v) is 31.6. The van der Waals surface area contributed by atoms with Crippen LogP contribution >= 0.6 is 0 Å². The molecule has 4 fully saturated rings. The molecule has 2 saturated carbocycles. The Kier molecular flexibility index (Phi) is 10.5. The Morgan fingerprint density at radius 3 is 2.56 bits per heavy atom. The van der Waals surface area contributed by atoms with Crippen molar-refractivity contribution in [3.63, 3.8) is 0 Å². The highest BCUT2D eigenvalue weighted by molar-refractivity contribution is 6.04. The third-order valence-electron chi connectivity index (χ3n) is 11.4. The van der Waals surface area contributed by atoms with E-state index in [1.54, 1.807) is 11.8 Å². The van der Waals surface area contributed by atoms with Gasteiger partial charge in [-0.15, -0.1) is 6.42 Å². The van der Waals surface area contributed by atoms with E-state index in [4.69, 9.17) is 25.6 Å². The van der Waals surface area contributed by atoms with Crippen LogP contribution in [0.5, 0.6) is 17.6 Å². The third kappa shape index (κ3) is 7.22. The fourth-order valence-electron chi connectivity index (χ4n) is 8.85. The van der Waals surface area contributed by atoms with Crippen LogP contribution in [0.4, 0.5) is 23.4 Å². The number of halogens is 4. The molecule has 294 valence electrons. The van der Waals surface area contributed by atoms with Crippen LogP contribution in [0.3, 0.4) is 0 Å². The monoisotopic (exact) mass is 765 g/mol. The molecular formula is C41H47F4N5O5. The van der Waals surface area contributed by atoms with Crippen molar-refractivity contribution in [1.82, 2.24) is 19.9 Å². The molecule has 0 amide bonds. The number of hydrogen-bond acceptors (Lipinski definition) is 10. The zero-order chi connectivity index (χ0) is 39.3. The van der Waals surface area contributed by atoms with Gasteiger partial charge in [0, 0.05) is 47.8 Å². The number of likely N-dealkylation sites (tertiary alicyclic amines) is 1. The number of β-amino-alcohol motifs (C(OH)–C–C–N with tert-alkyl or cyclic N) is 1. The van der Waals surface area contributed by atoms with Crippen LogP contribution in [0.1, 0.15) is 64.9 Å². The van der Waals surface area contributed by atoms with E-state index in [9.17, 15) is 19.0 Å². The number of terminal acetylenes is 1. The van der Waals surface area contributed by atoms with Gasteiger partial charge in [-0.05, 0) is 62.7 Å². The Balaban J connectivity index is 0.00000229. The third-order valence-corrected chi connectivity index (χ3v) is 11.4. The minimum atomic E-state index is -2.60. The first-order chi connectivity index (χ1) is 26.3. The van der Waals surface area contributed by atoms with Gasteiger partial charge >= 0.3 is 6.01 Å². The van der Waals surface area contributed by atoms with E-state index in [0.29, 0.717) is 11.9 Å². The van der Waals surface area contributed by atoms with Crippen LogP contribution < -0.4 is 14.4 Å². The molecule has 10 nitrogen and oxygen atoms in total. The number of aromatic hydroxyl groups is 1. The molecule has 2 aliphatic carbocycles. The first-order valence-corrected chi connectivity index (χ1v) is 19.0. The molecule has 2 N–H and O–H groups in total. The standard InChI is InChI=1S/C39H41F4N5O5.C2H6/c1-4-25-27(40)9-8-22-15-24(49)16-26(29(22)25)32-31(41)33-30(35(44-32)51-3)34(48-13-14-52-20-37(2,50)19-48)46-36(45-33)53-21-38-10-5-7-28(38)47(12-6-11-38)18-23-17-39(23,42)43;1-2/h1,8-9,15-16,23,28,49-50H,5-7,10-14,17-21H2,2-3H3;1-2H3/t23?,28?,37-,38?;/m0./s1. The maximum absolute atomic E-state index is 17.2. The van der Waals surface area contributed by atoms with E-state index in [-0.39, 0.29) is 107 Å². The highest BCUT2D eigenvalue weighted by Gasteiger charge is 2.59. The summed E-state index contributed by atoms with van der Waals surface area (Å²) in [6.07, 6.45) is 9.96. The number of alkyl halides is 2. The van der Waals surface area contributed by atoms with Gasteiger partial charge in [-0.2, -0.15) is 9.97 Å². The summed E-state index contributed by atoms with van der Waals surface area (Å²) >= 11 is 0. The molecule has 4 aromatic rings. The molecule has 4 heterocycles. The number of rotatable bonds is 8. The Labute approximate surface area is 317 Å². The summed E-state index contributed by atoms with van der Waals surface area (Å²) in [5.41, 5.74) is -2.23. The predicted octanol–water partition coefficient (Wildman–Crippen LogP) is 7.10. The molecule has 14 heteroatoms. The Hall–Kier alpha value is -4.45. The molecular weight excluding hydrogens is 718 g/mol. The Morgan fingerprint density at radius 1 is 1.07 bits per heavy atom. The number of nitrogens with zero attached hydrogens (tertiary/aromatic N) is 5. The van der Waals surface area contributed by atoms with Crippen LogP contribution in [-0.2, 0) is 4.74 Å². The molecule has 0 radical (unpaired) electrons. The van der Waals surface area contributed by atoms with E-state index >= 15 is 8.78 Å². The molecule has 0 spiro atoms. The topological polar surface area (TPSA) is 113 Å². The number of aliphatic hydroxyl groups is 1. The number of piperidine rings is 1. The molecule has 2 aromatic heterocycles. The molecule has 2 saturated heterocycles. The van der Waals surface area contributed by atoms with Crippen molar-refractivity contribution in [2.75, 3.05) is 58.0 Å². The average molecular weight is 766 g/mol. The molecule has 2 aromatic carbocycles. The number of fused-ring (bicyclic) bond motifs is 3. The van der Waals surface area contributed by atoms with Crippen molar-refractivity contribution < 1.29 is 42.0 Å². The number of benzene rings is 2. The minimum absolute atomic E-state index is 0.0233. The maximum atomic E-state index is 17.2. The number of anilines is 1. The molecule has 3 unspecified atom stereocenters. The number of aromatic nitrogens is 3. The normalized spacial score (nSPS) is 26.1. The lowest BCUT2D eigenvalue weighted by atomic mass is 9.75. The summed E-state index contributed by atoms with van der Waals surface area (Å²) in [5.74, 6) is -2.59. The summed E-state index contributed by atoms with van der Waals surface area (Å²) in [6, 6.07) is 5.19. The molecule has 55 heavy (non-hydrogen) atoms. The number of phenolic OH excluding ortho intramolecular Hbond substituents is 1. The summed E-state index contributed by atoms with van der Waals surface area (Å²) in [5, 5.41) is 22.4. The summed E-state index contributed by atoms with van der Waals surface area (Å²) in [6.45, 7) is 7.58. The first-order valence-electron chi connectivity index (χ1n) is 19.0. The Bertz CT molecular complexity index is 2140. The van der Waals surface area contributed by atoms with E-state index in [2.05, 4.69) is 20.8 Å². The van der Waals surface area contributed by atoms with Crippen molar-refractivity contribution in [3.05, 3.63) is 41.5 Å². The van der Waals surface area contributed by atoms with Crippen molar-refractivity contribution in [3.8, 4) is 41.2 Å². The van der Waals surface area contributed by atoms with Crippen molar-refractivity contribution >= 4 is 27.5 Å². The smallest absolute Gasteiger partial charge is 0.319 e. The van der Waals surface area contributed by atoms with Crippen LogP contribution in [0.25, 0.3) is 32.9 Å². The quantitative estimate of drug-likeness (QED) is 0.142. The zero-order valence-electron chi connectivity index (χ0n) is 31.6. The molecule has 4 atom stereocenters. The molecule has 0 bridgehead atoms. The van der Waals surface area contributed by atoms with E-state index in [0.717, 1.165) is 38.6 Å². The minimum Gasteiger partial charge on any atom is -0.508 e. The van der Waals surface area contributed by atoms with Gasteiger partial charge < -0.3 is 29.3 Å². The summed E-state index contributed by atoms with van der Waals surface area (Å²) in [7, 11) is 1.36. The largest absolute Gasteiger partial charge is 0.508 e. The molecule has 8 rings (SSSR count). The van der Waals surface area contributed by atoms with E-state index in [1.807, 2.05) is 13.8 Å². The number of ether oxygens (including phenoxy) is 3. The fraction of sp³-hybridized carbons (Fsp3) is 0.537. The SMILES string of the molecule is C#Cc1c(F)ccc2cc(O)cc(-c3nc(OC)c4c(N5CCOC[C@@](C)(O)C5)nc(OCC56CCCC5N(CC5CC5(F)F)CCC6)nc4c3F)c12.CC. The van der Waals surface area contributed by atoms with Gasteiger partial charge in [0.1, 0.15) is 39.6 Å². The summed E-state index contributed by atoms with van der Waals surface area (Å²) < 4.78 is 78.0. The van der Waals surface area contributed by atoms with E-state index in [1.165, 1.54) is 31.4 Å². The number of hydrogen-bond donors (Lipinski definition) is 2. The highest BCUT2D eigenvalue weighted by Crippen LogP contribution is 2.53. The van der Waals surface area contributed by atoms with Gasteiger partial charge in [0.25, 0.3) is 5.92 Å². The first kappa shape index (κ1) is 38.8. The van der Waals surface area contributed by atoms with Gasteiger partial charge in [0.05, 0.1) is 39.0 Å². The highest BCUT2D eigenvalue weighted by atomic mass is 19.3. The van der Waals surface area contributed by atoms with Gasteiger partial charge in [-0.25, -0.2) is 22.5 Å². The van der Waals surface area contributed by atoms with Gasteiger partial charge in [-0.3, -0.25) is 4.90 Å². The lowest BCUT2D eigenvalue weighted by Crippen LogP contribution is -2.52. The lowest BCUT2D eigenvalue weighted by Gasteiger charge is -2.46.